The number of rotatable bonds is 6. The second-order valence-corrected chi connectivity index (χ2v) is 8.59. The Balaban J connectivity index is 1.59. The molecule has 1 aliphatic heterocycles. The first kappa shape index (κ1) is 22.3. The fourth-order valence-corrected chi connectivity index (χ4v) is 4.38. The van der Waals surface area contributed by atoms with Crippen LogP contribution in [0.1, 0.15) is 23.0 Å². The number of carbonyl (C=O) groups is 4. The van der Waals surface area contributed by atoms with Gasteiger partial charge in [-0.05, 0) is 29.5 Å². The zero-order valence-corrected chi connectivity index (χ0v) is 18.5. The molecule has 0 bridgehead atoms. The van der Waals surface area contributed by atoms with E-state index in [9.17, 15) is 19.2 Å². The predicted octanol–water partition coefficient (Wildman–Crippen LogP) is 3.87. The van der Waals surface area contributed by atoms with Crippen molar-refractivity contribution in [2.75, 3.05) is 18.4 Å². The van der Waals surface area contributed by atoms with E-state index in [0.717, 1.165) is 28.0 Å². The average Bonchev–Trinajstić information content (AvgIpc) is 3.24. The molecule has 12 heteroatoms. The summed E-state index contributed by atoms with van der Waals surface area (Å²) < 4.78 is 0. The third kappa shape index (κ3) is 5.20. The molecule has 0 atom stereocenters. The van der Waals surface area contributed by atoms with Crippen molar-refractivity contribution < 1.29 is 19.2 Å². The minimum atomic E-state index is -0.476. The molecule has 1 fully saturated rings. The first-order chi connectivity index (χ1) is 14.3. The number of aromatic nitrogens is 1. The maximum Gasteiger partial charge on any atom is 0.293 e. The van der Waals surface area contributed by atoms with Crippen LogP contribution in [0, 0.1) is 0 Å². The van der Waals surface area contributed by atoms with E-state index in [2.05, 4.69) is 15.6 Å². The van der Waals surface area contributed by atoms with Crippen molar-refractivity contribution in [3.05, 3.63) is 49.8 Å². The van der Waals surface area contributed by atoms with Crippen LogP contribution in [-0.4, -0.2) is 45.9 Å². The lowest BCUT2D eigenvalue weighted by atomic mass is 10.2. The van der Waals surface area contributed by atoms with E-state index in [-0.39, 0.29) is 29.6 Å². The summed E-state index contributed by atoms with van der Waals surface area (Å²) in [7, 11) is 0. The number of nitrogens with zero attached hydrogens (tertiary/aromatic N) is 2. The molecule has 0 unspecified atom stereocenters. The normalized spacial score (nSPS) is 15.0. The summed E-state index contributed by atoms with van der Waals surface area (Å²) in [6, 6.07) is 5.00. The molecular weight excluding hydrogens is 471 g/mol. The summed E-state index contributed by atoms with van der Waals surface area (Å²) in [5.74, 6) is -1.24. The van der Waals surface area contributed by atoms with Crippen LogP contribution >= 0.6 is 46.3 Å². The summed E-state index contributed by atoms with van der Waals surface area (Å²) in [4.78, 5) is 53.2. The van der Waals surface area contributed by atoms with Gasteiger partial charge >= 0.3 is 0 Å². The minimum absolute atomic E-state index is 0.000283. The molecule has 1 saturated heterocycles. The van der Waals surface area contributed by atoms with Crippen LogP contribution in [-0.2, 0) is 9.59 Å². The largest absolute Gasteiger partial charge is 0.349 e. The summed E-state index contributed by atoms with van der Waals surface area (Å²) in [5.41, 5.74) is 0.662. The standard InChI is InChI=1S/C18H14Cl2N4O4S2/c1-9(25)22-17-23-12(8-29-17)15(26)21-5-6-24-16(27)13(30-18(24)28)7-10-3-2-4-11(19)14(10)20/h2-4,7-8H,5-6H2,1H3,(H,21,26)(H,22,23,25)/b13-7-. The number of amides is 4. The number of thioether (sulfide) groups is 1. The van der Waals surface area contributed by atoms with Gasteiger partial charge in [0.15, 0.2) is 5.13 Å². The molecule has 30 heavy (non-hydrogen) atoms. The summed E-state index contributed by atoms with van der Waals surface area (Å²) in [6.07, 6.45) is 1.51. The molecule has 0 spiro atoms. The lowest BCUT2D eigenvalue weighted by Crippen LogP contribution is -2.37. The zero-order chi connectivity index (χ0) is 21.8. The van der Waals surface area contributed by atoms with Gasteiger partial charge < -0.3 is 10.6 Å². The van der Waals surface area contributed by atoms with Gasteiger partial charge in [0, 0.05) is 25.4 Å². The molecule has 1 aromatic carbocycles. The minimum Gasteiger partial charge on any atom is -0.349 e. The molecule has 0 radical (unpaired) electrons. The van der Waals surface area contributed by atoms with E-state index in [1.807, 2.05) is 0 Å². The van der Waals surface area contributed by atoms with Gasteiger partial charge in [-0.2, -0.15) is 0 Å². The number of carbonyl (C=O) groups excluding carboxylic acids is 4. The molecule has 3 rings (SSSR count). The monoisotopic (exact) mass is 484 g/mol. The number of benzene rings is 1. The molecule has 2 aromatic rings. The van der Waals surface area contributed by atoms with Crippen molar-refractivity contribution in [2.45, 2.75) is 6.92 Å². The number of hydrogen-bond acceptors (Lipinski definition) is 7. The number of imide groups is 1. The van der Waals surface area contributed by atoms with Crippen LogP contribution in [0.25, 0.3) is 6.08 Å². The Bertz CT molecular complexity index is 1070. The van der Waals surface area contributed by atoms with Crippen molar-refractivity contribution in [3.8, 4) is 0 Å². The van der Waals surface area contributed by atoms with Crippen LogP contribution in [0.5, 0.6) is 0 Å². The SMILES string of the molecule is CC(=O)Nc1nc(C(=O)NCCN2C(=O)S/C(=C\c3cccc(Cl)c3Cl)C2=O)cs1. The smallest absolute Gasteiger partial charge is 0.293 e. The van der Waals surface area contributed by atoms with Crippen LogP contribution in [0.15, 0.2) is 28.5 Å². The molecule has 0 aliphatic carbocycles. The molecule has 2 N–H and O–H groups in total. The Hall–Kier alpha value is -2.40. The number of hydrogen-bond donors (Lipinski definition) is 2. The number of anilines is 1. The Labute approximate surface area is 189 Å². The van der Waals surface area contributed by atoms with Gasteiger partial charge in [0.25, 0.3) is 17.1 Å². The second-order valence-electron chi connectivity index (χ2n) is 5.95. The maximum atomic E-state index is 12.5. The van der Waals surface area contributed by atoms with Crippen LogP contribution in [0.4, 0.5) is 9.93 Å². The Kier molecular flexibility index (Phi) is 7.14. The highest BCUT2D eigenvalue weighted by atomic mass is 35.5. The molecule has 2 heterocycles. The van der Waals surface area contributed by atoms with Crippen molar-refractivity contribution in [1.29, 1.82) is 0 Å². The van der Waals surface area contributed by atoms with Crippen molar-refractivity contribution in [2.24, 2.45) is 0 Å². The van der Waals surface area contributed by atoms with Gasteiger partial charge in [0.2, 0.25) is 5.91 Å². The van der Waals surface area contributed by atoms with E-state index < -0.39 is 17.1 Å². The number of halogens is 2. The van der Waals surface area contributed by atoms with E-state index in [0.29, 0.717) is 20.7 Å². The predicted molar refractivity (Wildman–Crippen MR) is 118 cm³/mol. The molecule has 0 saturated carbocycles. The van der Waals surface area contributed by atoms with E-state index in [4.69, 9.17) is 23.2 Å². The van der Waals surface area contributed by atoms with Gasteiger partial charge in [-0.25, -0.2) is 4.98 Å². The highest BCUT2D eigenvalue weighted by molar-refractivity contribution is 8.18. The highest BCUT2D eigenvalue weighted by Gasteiger charge is 2.34. The van der Waals surface area contributed by atoms with Gasteiger partial charge in [0.05, 0.1) is 15.0 Å². The van der Waals surface area contributed by atoms with Crippen molar-refractivity contribution >= 4 is 80.5 Å². The fourth-order valence-electron chi connectivity index (χ4n) is 2.42. The van der Waals surface area contributed by atoms with E-state index in [1.54, 1.807) is 18.2 Å². The van der Waals surface area contributed by atoms with Crippen LogP contribution in [0.2, 0.25) is 10.0 Å². The fraction of sp³-hybridized carbons (Fsp3) is 0.167. The summed E-state index contributed by atoms with van der Waals surface area (Å²) in [5, 5.41) is 7.08. The van der Waals surface area contributed by atoms with Crippen LogP contribution in [0.3, 0.4) is 0 Å². The molecule has 4 amide bonds. The number of nitrogens with one attached hydrogen (secondary N) is 2. The second kappa shape index (κ2) is 9.61. The lowest BCUT2D eigenvalue weighted by Gasteiger charge is -2.12. The van der Waals surface area contributed by atoms with Gasteiger partial charge in [-0.1, -0.05) is 35.3 Å². The van der Waals surface area contributed by atoms with Gasteiger partial charge in [-0.3, -0.25) is 24.1 Å². The summed E-state index contributed by atoms with van der Waals surface area (Å²) >= 11 is 14.0. The third-order valence-corrected chi connectivity index (χ3v) is 6.28. The molecule has 1 aliphatic rings. The van der Waals surface area contributed by atoms with E-state index in [1.165, 1.54) is 18.4 Å². The van der Waals surface area contributed by atoms with E-state index >= 15 is 0 Å². The van der Waals surface area contributed by atoms with Gasteiger partial charge in [-0.15, -0.1) is 11.3 Å². The first-order valence-corrected chi connectivity index (χ1v) is 10.9. The number of thiazole rings is 1. The lowest BCUT2D eigenvalue weighted by molar-refractivity contribution is -0.122. The topological polar surface area (TPSA) is 108 Å². The Morgan fingerprint density at radius 2 is 2.03 bits per heavy atom. The Morgan fingerprint density at radius 1 is 1.27 bits per heavy atom. The Morgan fingerprint density at radius 3 is 2.77 bits per heavy atom. The van der Waals surface area contributed by atoms with Crippen molar-refractivity contribution in [3.63, 3.8) is 0 Å². The van der Waals surface area contributed by atoms with Crippen LogP contribution < -0.4 is 10.6 Å². The quantitative estimate of drug-likeness (QED) is 0.602. The molecule has 1 aromatic heterocycles. The average molecular weight is 485 g/mol. The van der Waals surface area contributed by atoms with Gasteiger partial charge in [0.1, 0.15) is 5.69 Å². The molecular formula is C18H14Cl2N4O4S2. The maximum absolute atomic E-state index is 12.5. The van der Waals surface area contributed by atoms with Crippen molar-refractivity contribution in [1.82, 2.24) is 15.2 Å². The molecule has 8 nitrogen and oxygen atoms in total. The third-order valence-electron chi connectivity index (χ3n) is 3.78. The summed E-state index contributed by atoms with van der Waals surface area (Å²) in [6.45, 7) is 1.39. The molecule has 156 valence electrons. The first-order valence-electron chi connectivity index (χ1n) is 8.47. The zero-order valence-electron chi connectivity index (χ0n) is 15.4. The highest BCUT2D eigenvalue weighted by Crippen LogP contribution is 2.34.